The highest BCUT2D eigenvalue weighted by Gasteiger charge is 2.52. The molecule has 0 spiro atoms. The molecule has 5 rings (SSSR count). The van der Waals surface area contributed by atoms with E-state index in [9.17, 15) is 9.59 Å². The molecule has 0 bridgehead atoms. The summed E-state index contributed by atoms with van der Waals surface area (Å²) in [6.45, 7) is 8.91. The van der Waals surface area contributed by atoms with Crippen LogP contribution >= 0.6 is 0 Å². The van der Waals surface area contributed by atoms with E-state index < -0.39 is 5.54 Å². The highest BCUT2D eigenvalue weighted by molar-refractivity contribution is 6.07. The fraction of sp³-hybridized carbons (Fsp3) is 0.462. The summed E-state index contributed by atoms with van der Waals surface area (Å²) in [7, 11) is 0. The Morgan fingerprint density at radius 2 is 1.65 bits per heavy atom. The summed E-state index contributed by atoms with van der Waals surface area (Å²) < 4.78 is 10.9. The topological polar surface area (TPSA) is 74.4 Å². The number of imide groups is 1. The van der Waals surface area contributed by atoms with Crippen LogP contribution in [0.25, 0.3) is 0 Å². The third-order valence-corrected chi connectivity index (χ3v) is 6.81. The van der Waals surface area contributed by atoms with Crippen molar-refractivity contribution in [1.29, 1.82) is 0 Å². The van der Waals surface area contributed by atoms with Gasteiger partial charge >= 0.3 is 6.03 Å². The second-order valence-corrected chi connectivity index (χ2v) is 9.76. The van der Waals surface area contributed by atoms with Gasteiger partial charge < -0.3 is 14.8 Å². The maximum absolute atomic E-state index is 13.6. The Labute approximate surface area is 200 Å². The lowest BCUT2D eigenvalue weighted by atomic mass is 9.82. The largest absolute Gasteiger partial charge is 0.454 e. The first-order valence-electron chi connectivity index (χ1n) is 12.0. The van der Waals surface area contributed by atoms with E-state index in [-0.39, 0.29) is 24.6 Å². The van der Waals surface area contributed by atoms with E-state index >= 15 is 0 Å². The van der Waals surface area contributed by atoms with Crippen LogP contribution in [0.5, 0.6) is 11.5 Å². The Balaban J connectivity index is 1.21. The van der Waals surface area contributed by atoms with Gasteiger partial charge in [-0.2, -0.15) is 0 Å². The summed E-state index contributed by atoms with van der Waals surface area (Å²) in [5.41, 5.74) is 1.04. The fourth-order valence-electron chi connectivity index (χ4n) is 5.13. The van der Waals surface area contributed by atoms with Crippen molar-refractivity contribution in [1.82, 2.24) is 20.0 Å². The number of nitrogens with zero attached hydrogens (tertiary/aromatic N) is 3. The van der Waals surface area contributed by atoms with Crippen LogP contribution in [0.1, 0.15) is 31.4 Å². The lowest BCUT2D eigenvalue weighted by Gasteiger charge is -2.36. The number of piperazine rings is 1. The molecule has 34 heavy (non-hydrogen) atoms. The van der Waals surface area contributed by atoms with Crippen molar-refractivity contribution >= 4 is 11.9 Å². The Bertz CT molecular complexity index is 1050. The Hall–Kier alpha value is -3.10. The quantitative estimate of drug-likeness (QED) is 0.635. The first-order valence-corrected chi connectivity index (χ1v) is 12.0. The van der Waals surface area contributed by atoms with Crippen LogP contribution in [0, 0.1) is 5.92 Å². The summed E-state index contributed by atoms with van der Waals surface area (Å²) in [6, 6.07) is 15.4. The molecule has 0 radical (unpaired) electrons. The van der Waals surface area contributed by atoms with Gasteiger partial charge in [-0.25, -0.2) is 9.69 Å². The predicted molar refractivity (Wildman–Crippen MR) is 127 cm³/mol. The van der Waals surface area contributed by atoms with E-state index in [1.807, 2.05) is 42.5 Å². The zero-order valence-corrected chi connectivity index (χ0v) is 19.8. The minimum atomic E-state index is -0.992. The van der Waals surface area contributed by atoms with Crippen LogP contribution in [0.3, 0.4) is 0 Å². The number of rotatable bonds is 7. The van der Waals surface area contributed by atoms with E-state index in [4.69, 9.17) is 9.47 Å². The highest BCUT2D eigenvalue weighted by atomic mass is 16.7. The fourth-order valence-corrected chi connectivity index (χ4v) is 5.13. The van der Waals surface area contributed by atoms with Crippen LogP contribution < -0.4 is 14.8 Å². The third kappa shape index (κ3) is 4.35. The molecule has 3 amide bonds. The minimum Gasteiger partial charge on any atom is -0.454 e. The summed E-state index contributed by atoms with van der Waals surface area (Å²) in [5.74, 6) is 1.70. The number of fused-ring (bicyclic) bond motifs is 1. The van der Waals surface area contributed by atoms with Crippen LogP contribution in [0.4, 0.5) is 4.79 Å². The lowest BCUT2D eigenvalue weighted by molar-refractivity contribution is -0.134. The summed E-state index contributed by atoms with van der Waals surface area (Å²) in [4.78, 5) is 32.5. The van der Waals surface area contributed by atoms with Crippen molar-refractivity contribution < 1.29 is 19.1 Å². The average Bonchev–Trinajstić information content (AvgIpc) is 3.39. The Morgan fingerprint density at radius 3 is 2.38 bits per heavy atom. The van der Waals surface area contributed by atoms with Gasteiger partial charge in [-0.15, -0.1) is 0 Å². The lowest BCUT2D eigenvalue weighted by Crippen LogP contribution is -2.51. The second kappa shape index (κ2) is 9.27. The molecule has 3 aliphatic heterocycles. The molecule has 2 fully saturated rings. The maximum Gasteiger partial charge on any atom is 0.326 e. The Kier molecular flexibility index (Phi) is 6.18. The van der Waals surface area contributed by atoms with E-state index in [2.05, 4.69) is 35.0 Å². The van der Waals surface area contributed by atoms with Crippen molar-refractivity contribution in [2.45, 2.75) is 32.4 Å². The van der Waals surface area contributed by atoms with E-state index in [0.29, 0.717) is 13.1 Å². The number of urea groups is 1. The number of hydrogen-bond donors (Lipinski definition) is 1. The molecule has 1 N–H and O–H groups in total. The molecule has 180 valence electrons. The van der Waals surface area contributed by atoms with Crippen molar-refractivity contribution in [3.63, 3.8) is 0 Å². The van der Waals surface area contributed by atoms with Gasteiger partial charge in [0.1, 0.15) is 5.54 Å². The molecule has 2 aromatic carbocycles. The smallest absolute Gasteiger partial charge is 0.326 e. The number of nitrogens with one attached hydrogen (secondary N) is 1. The standard InChI is InChI=1S/C26H32N4O4/c1-19(2)15-26(21-6-4-3-5-7-21)24(31)30(25(32)27-26)17-29-12-10-28(11-13-29)16-20-8-9-22-23(14-20)34-18-33-22/h3-9,14,19H,10-13,15-18H2,1-2H3,(H,27,32). The third-order valence-electron chi connectivity index (χ3n) is 6.81. The number of carbonyl (C=O) groups excluding carboxylic acids is 2. The molecule has 0 saturated carbocycles. The van der Waals surface area contributed by atoms with Crippen molar-refractivity contribution in [2.75, 3.05) is 39.6 Å². The van der Waals surface area contributed by atoms with E-state index in [0.717, 1.165) is 49.8 Å². The van der Waals surface area contributed by atoms with Gasteiger partial charge in [-0.05, 0) is 35.6 Å². The molecule has 2 saturated heterocycles. The molecule has 3 aliphatic rings. The zero-order chi connectivity index (χ0) is 23.7. The van der Waals surface area contributed by atoms with Crippen molar-refractivity contribution in [2.24, 2.45) is 5.92 Å². The summed E-state index contributed by atoms with van der Waals surface area (Å²) in [6.07, 6.45) is 0.571. The predicted octanol–water partition coefficient (Wildman–Crippen LogP) is 2.98. The maximum atomic E-state index is 13.6. The molecule has 1 unspecified atom stereocenters. The molecule has 2 aromatic rings. The van der Waals surface area contributed by atoms with Crippen LogP contribution in [0.15, 0.2) is 48.5 Å². The zero-order valence-electron chi connectivity index (χ0n) is 19.8. The monoisotopic (exact) mass is 464 g/mol. The van der Waals surface area contributed by atoms with Gasteiger partial charge in [0.15, 0.2) is 11.5 Å². The highest BCUT2D eigenvalue weighted by Crippen LogP contribution is 2.35. The molecule has 3 heterocycles. The first-order chi connectivity index (χ1) is 16.4. The van der Waals surface area contributed by atoms with E-state index in [1.54, 1.807) is 0 Å². The van der Waals surface area contributed by atoms with Crippen LogP contribution in [-0.4, -0.2) is 66.3 Å². The molecular formula is C26H32N4O4. The van der Waals surface area contributed by atoms with Crippen molar-refractivity contribution in [3.8, 4) is 11.5 Å². The number of hydrogen-bond acceptors (Lipinski definition) is 6. The summed E-state index contributed by atoms with van der Waals surface area (Å²) >= 11 is 0. The van der Waals surface area contributed by atoms with Gasteiger partial charge in [0.2, 0.25) is 6.79 Å². The number of carbonyl (C=O) groups is 2. The first kappa shape index (κ1) is 22.7. The van der Waals surface area contributed by atoms with Gasteiger partial charge in [-0.1, -0.05) is 50.2 Å². The second-order valence-electron chi connectivity index (χ2n) is 9.76. The normalized spacial score (nSPS) is 23.1. The average molecular weight is 465 g/mol. The van der Waals surface area contributed by atoms with Crippen molar-refractivity contribution in [3.05, 3.63) is 59.7 Å². The number of amides is 3. The van der Waals surface area contributed by atoms with Gasteiger partial charge in [0.05, 0.1) is 6.67 Å². The molecule has 0 aliphatic carbocycles. The van der Waals surface area contributed by atoms with Gasteiger partial charge in [-0.3, -0.25) is 14.6 Å². The summed E-state index contributed by atoms with van der Waals surface area (Å²) in [5, 5.41) is 3.04. The van der Waals surface area contributed by atoms with Gasteiger partial charge in [0, 0.05) is 32.7 Å². The molecule has 8 nitrogen and oxygen atoms in total. The SMILES string of the molecule is CC(C)CC1(c2ccccc2)NC(=O)N(CN2CCN(Cc3ccc4c(c3)OCO4)CC2)C1=O. The van der Waals surface area contributed by atoms with E-state index in [1.165, 1.54) is 10.5 Å². The van der Waals surface area contributed by atoms with Crippen LogP contribution in [-0.2, 0) is 16.9 Å². The molecule has 1 atom stereocenters. The number of ether oxygens (including phenoxy) is 2. The van der Waals surface area contributed by atoms with Gasteiger partial charge in [0.25, 0.3) is 5.91 Å². The Morgan fingerprint density at radius 1 is 0.941 bits per heavy atom. The van der Waals surface area contributed by atoms with Crippen LogP contribution in [0.2, 0.25) is 0 Å². The molecule has 0 aromatic heterocycles. The minimum absolute atomic E-state index is 0.153. The molecular weight excluding hydrogens is 432 g/mol. The number of benzene rings is 2. The molecule has 8 heteroatoms.